The van der Waals surface area contributed by atoms with Crippen LogP contribution in [0.3, 0.4) is 0 Å². The van der Waals surface area contributed by atoms with Crippen LogP contribution in [0, 0.1) is 5.92 Å². The highest BCUT2D eigenvalue weighted by atomic mass is 16.2. The zero-order valence-electron chi connectivity index (χ0n) is 12.7. The number of carbonyl (C=O) groups excluding carboxylic acids is 3. The van der Waals surface area contributed by atoms with Gasteiger partial charge in [0.25, 0.3) is 0 Å². The lowest BCUT2D eigenvalue weighted by atomic mass is 9.99. The van der Waals surface area contributed by atoms with Gasteiger partial charge in [0.2, 0.25) is 11.8 Å². The van der Waals surface area contributed by atoms with Crippen molar-refractivity contribution >= 4 is 17.6 Å². The van der Waals surface area contributed by atoms with Crippen LogP contribution in [0.25, 0.3) is 0 Å². The lowest BCUT2D eigenvalue weighted by Crippen LogP contribution is -2.49. The average Bonchev–Trinajstić information content (AvgIpc) is 2.43. The largest absolute Gasteiger partial charge is 0.346 e. The Labute approximate surface area is 125 Å². The van der Waals surface area contributed by atoms with Crippen molar-refractivity contribution in [3.05, 3.63) is 0 Å². The van der Waals surface area contributed by atoms with Crippen molar-refractivity contribution in [1.82, 2.24) is 10.6 Å². The first-order valence-corrected chi connectivity index (χ1v) is 7.10. The quantitative estimate of drug-likeness (QED) is 0.310. The van der Waals surface area contributed by atoms with Crippen molar-refractivity contribution in [2.45, 2.75) is 38.8 Å². The van der Waals surface area contributed by atoms with Crippen LogP contribution in [0.2, 0.25) is 0 Å². The molecule has 8 heteroatoms. The third-order valence-corrected chi connectivity index (χ3v) is 2.94. The summed E-state index contributed by atoms with van der Waals surface area (Å²) >= 11 is 0. The van der Waals surface area contributed by atoms with E-state index in [2.05, 4.69) is 10.6 Å². The van der Waals surface area contributed by atoms with Crippen molar-refractivity contribution in [1.29, 1.82) is 0 Å². The van der Waals surface area contributed by atoms with Gasteiger partial charge in [-0.2, -0.15) is 0 Å². The first-order valence-electron chi connectivity index (χ1n) is 7.10. The lowest BCUT2D eigenvalue weighted by Gasteiger charge is -2.19. The zero-order chi connectivity index (χ0) is 16.4. The molecule has 0 spiro atoms. The summed E-state index contributed by atoms with van der Waals surface area (Å²) in [4.78, 5) is 35.2. The Morgan fingerprint density at radius 1 is 1.05 bits per heavy atom. The number of hydrogen-bond donors (Lipinski definition) is 5. The fourth-order valence-corrected chi connectivity index (χ4v) is 1.71. The van der Waals surface area contributed by atoms with Crippen LogP contribution >= 0.6 is 0 Å². The fraction of sp³-hybridized carbons (Fsp3) is 0.769. The summed E-state index contributed by atoms with van der Waals surface area (Å²) in [7, 11) is 0. The Bertz CT molecular complexity index is 360. The molecule has 0 aromatic rings. The first-order chi connectivity index (χ1) is 9.83. The predicted octanol–water partition coefficient (Wildman–Crippen LogP) is -2.16. The number of nitrogens with two attached hydrogens (primary N) is 3. The Kier molecular flexibility index (Phi) is 9.51. The number of hydrogen-bond acceptors (Lipinski definition) is 6. The summed E-state index contributed by atoms with van der Waals surface area (Å²) in [5, 5.41) is 4.99. The normalized spacial score (nSPS) is 13.6. The highest BCUT2D eigenvalue weighted by Crippen LogP contribution is 2.02. The lowest BCUT2D eigenvalue weighted by molar-refractivity contribution is -0.130. The molecule has 21 heavy (non-hydrogen) atoms. The number of ketones is 1. The summed E-state index contributed by atoms with van der Waals surface area (Å²) < 4.78 is 0. The molecule has 8 N–H and O–H groups in total. The molecule has 0 aliphatic rings. The highest BCUT2D eigenvalue weighted by molar-refractivity contribution is 5.92. The van der Waals surface area contributed by atoms with E-state index in [9.17, 15) is 14.4 Å². The van der Waals surface area contributed by atoms with Crippen molar-refractivity contribution in [2.24, 2.45) is 23.1 Å². The Hall–Kier alpha value is -1.51. The Morgan fingerprint density at radius 2 is 1.62 bits per heavy atom. The number of nitrogens with one attached hydrogen (secondary N) is 2. The maximum Gasteiger partial charge on any atom is 0.239 e. The molecule has 0 heterocycles. The van der Waals surface area contributed by atoms with E-state index in [0.29, 0.717) is 19.4 Å². The second-order valence-electron chi connectivity index (χ2n) is 5.16. The molecule has 2 atom stereocenters. The monoisotopic (exact) mass is 301 g/mol. The van der Waals surface area contributed by atoms with E-state index in [-0.39, 0.29) is 24.8 Å². The van der Waals surface area contributed by atoms with Crippen LogP contribution in [0.4, 0.5) is 0 Å². The van der Waals surface area contributed by atoms with Crippen LogP contribution in [0.5, 0.6) is 0 Å². The molecule has 0 aliphatic carbocycles. The third-order valence-electron chi connectivity index (χ3n) is 2.94. The van der Waals surface area contributed by atoms with Crippen LogP contribution in [-0.4, -0.2) is 49.3 Å². The van der Waals surface area contributed by atoms with Gasteiger partial charge in [0.1, 0.15) is 0 Å². The maximum atomic E-state index is 11.9. The second kappa shape index (κ2) is 10.3. The van der Waals surface area contributed by atoms with E-state index in [4.69, 9.17) is 17.2 Å². The SMILES string of the molecule is CC(C)C(=O)C(CCN)NC(=O)CNC(=O)C(N)CCN. The molecular formula is C13H27N5O3. The van der Waals surface area contributed by atoms with Crippen molar-refractivity contribution in [3.63, 3.8) is 0 Å². The zero-order valence-corrected chi connectivity index (χ0v) is 12.7. The van der Waals surface area contributed by atoms with E-state index in [1.807, 2.05) is 0 Å². The van der Waals surface area contributed by atoms with Crippen LogP contribution in [0.1, 0.15) is 26.7 Å². The smallest absolute Gasteiger partial charge is 0.239 e. The molecule has 2 unspecified atom stereocenters. The summed E-state index contributed by atoms with van der Waals surface area (Å²) in [5.74, 6) is -1.17. The number of carbonyl (C=O) groups is 3. The molecule has 0 aromatic heterocycles. The minimum absolute atomic E-state index is 0.0834. The van der Waals surface area contributed by atoms with Gasteiger partial charge in [-0.1, -0.05) is 13.8 Å². The number of rotatable bonds is 10. The molecule has 0 bridgehead atoms. The van der Waals surface area contributed by atoms with Crippen LogP contribution < -0.4 is 27.8 Å². The first kappa shape index (κ1) is 19.5. The molecule has 0 saturated heterocycles. The van der Waals surface area contributed by atoms with Crippen LogP contribution in [-0.2, 0) is 14.4 Å². The molecule has 0 fully saturated rings. The second-order valence-corrected chi connectivity index (χ2v) is 5.16. The summed E-state index contributed by atoms with van der Waals surface area (Å²) in [6, 6.07) is -1.36. The predicted molar refractivity (Wildman–Crippen MR) is 80.1 cm³/mol. The summed E-state index contributed by atoms with van der Waals surface area (Å²) in [5.41, 5.74) is 16.3. The van der Waals surface area contributed by atoms with Gasteiger partial charge in [0, 0.05) is 5.92 Å². The van der Waals surface area contributed by atoms with Gasteiger partial charge in [-0.05, 0) is 25.9 Å². The minimum atomic E-state index is -0.736. The van der Waals surface area contributed by atoms with Gasteiger partial charge in [0.05, 0.1) is 18.6 Å². The molecule has 122 valence electrons. The maximum absolute atomic E-state index is 11.9. The molecule has 0 radical (unpaired) electrons. The van der Waals surface area contributed by atoms with Gasteiger partial charge in [-0.3, -0.25) is 14.4 Å². The molecule has 0 saturated carbocycles. The van der Waals surface area contributed by atoms with Gasteiger partial charge in [0.15, 0.2) is 5.78 Å². The minimum Gasteiger partial charge on any atom is -0.346 e. The average molecular weight is 301 g/mol. The third kappa shape index (κ3) is 7.74. The Balaban J connectivity index is 4.32. The van der Waals surface area contributed by atoms with Gasteiger partial charge in [-0.15, -0.1) is 0 Å². The number of amides is 2. The molecule has 0 rings (SSSR count). The summed E-state index contributed by atoms with van der Waals surface area (Å²) in [6.45, 7) is 3.86. The van der Waals surface area contributed by atoms with E-state index in [1.165, 1.54) is 0 Å². The molecular weight excluding hydrogens is 274 g/mol. The van der Waals surface area contributed by atoms with Gasteiger partial charge in [-0.25, -0.2) is 0 Å². The topological polar surface area (TPSA) is 153 Å². The van der Waals surface area contributed by atoms with Crippen molar-refractivity contribution in [3.8, 4) is 0 Å². The Morgan fingerprint density at radius 3 is 2.10 bits per heavy atom. The van der Waals surface area contributed by atoms with Gasteiger partial charge < -0.3 is 27.8 Å². The van der Waals surface area contributed by atoms with Crippen LogP contribution in [0.15, 0.2) is 0 Å². The highest BCUT2D eigenvalue weighted by Gasteiger charge is 2.22. The number of Topliss-reactive ketones (excluding diaryl/α,β-unsaturated/α-hetero) is 1. The molecule has 0 aromatic carbocycles. The van der Waals surface area contributed by atoms with E-state index in [1.54, 1.807) is 13.8 Å². The summed E-state index contributed by atoms with van der Waals surface area (Å²) in [6.07, 6.45) is 0.707. The molecule has 8 nitrogen and oxygen atoms in total. The van der Waals surface area contributed by atoms with E-state index < -0.39 is 23.9 Å². The standard InChI is InChI=1S/C13H27N5O3/c1-8(2)12(20)10(4-6-15)18-11(19)7-17-13(21)9(16)3-5-14/h8-10H,3-7,14-16H2,1-2H3,(H,17,21)(H,18,19). The van der Waals surface area contributed by atoms with E-state index in [0.717, 1.165) is 0 Å². The molecule has 2 amide bonds. The molecule has 0 aliphatic heterocycles. The van der Waals surface area contributed by atoms with Crippen molar-refractivity contribution < 1.29 is 14.4 Å². The van der Waals surface area contributed by atoms with E-state index >= 15 is 0 Å². The van der Waals surface area contributed by atoms with Gasteiger partial charge >= 0.3 is 0 Å². The fourth-order valence-electron chi connectivity index (χ4n) is 1.71. The van der Waals surface area contributed by atoms with Crippen molar-refractivity contribution in [2.75, 3.05) is 19.6 Å².